The van der Waals surface area contributed by atoms with Gasteiger partial charge in [0.05, 0.1) is 5.69 Å². The van der Waals surface area contributed by atoms with Crippen LogP contribution >= 0.6 is 11.3 Å². The third-order valence-corrected chi connectivity index (χ3v) is 6.93. The van der Waals surface area contributed by atoms with Crippen molar-refractivity contribution in [2.75, 3.05) is 12.8 Å². The van der Waals surface area contributed by atoms with E-state index in [4.69, 9.17) is 5.73 Å². The van der Waals surface area contributed by atoms with Crippen LogP contribution in [0.2, 0.25) is 0 Å². The van der Waals surface area contributed by atoms with Gasteiger partial charge in [0.2, 0.25) is 0 Å². The van der Waals surface area contributed by atoms with Crippen molar-refractivity contribution in [2.45, 2.75) is 45.1 Å². The number of carbonyl (C=O) groups excluding carboxylic acids is 1. The van der Waals surface area contributed by atoms with Crippen LogP contribution in [0.4, 0.5) is 5.13 Å². The largest absolute Gasteiger partial charge is 0.375 e. The van der Waals surface area contributed by atoms with Crippen LogP contribution in [0.3, 0.4) is 0 Å². The van der Waals surface area contributed by atoms with Crippen molar-refractivity contribution in [3.8, 4) is 0 Å². The van der Waals surface area contributed by atoms with Crippen molar-refractivity contribution in [1.82, 2.24) is 9.88 Å². The van der Waals surface area contributed by atoms with Crippen molar-refractivity contribution in [3.63, 3.8) is 0 Å². The highest BCUT2D eigenvalue weighted by atomic mass is 32.1. The molecule has 0 unspecified atom stereocenters. The Morgan fingerprint density at radius 1 is 1.19 bits per heavy atom. The lowest BCUT2D eigenvalue weighted by Crippen LogP contribution is -2.56. The molecule has 21 heavy (non-hydrogen) atoms. The number of hydrogen-bond donors (Lipinski definition) is 1. The van der Waals surface area contributed by atoms with Gasteiger partial charge in [-0.25, -0.2) is 4.98 Å². The SMILES string of the molecule is Cc1nc(N)sc1C(=O)N(C)C1C2CC3CC(C2)CC1C3. The Hall–Kier alpha value is -1.10. The number of aromatic nitrogens is 1. The molecule has 2 N–H and O–H groups in total. The first kappa shape index (κ1) is 13.6. The number of nitrogens with zero attached hydrogens (tertiary/aromatic N) is 2. The summed E-state index contributed by atoms with van der Waals surface area (Å²) in [4.78, 5) is 19.8. The maximum atomic E-state index is 12.8. The minimum atomic E-state index is 0.124. The second-order valence-corrected chi connectivity index (χ2v) is 8.33. The Morgan fingerprint density at radius 2 is 1.76 bits per heavy atom. The van der Waals surface area contributed by atoms with Gasteiger partial charge in [-0.05, 0) is 62.7 Å². The molecule has 114 valence electrons. The number of hydrogen-bond acceptors (Lipinski definition) is 4. The maximum Gasteiger partial charge on any atom is 0.265 e. The molecule has 1 heterocycles. The van der Waals surface area contributed by atoms with Gasteiger partial charge in [0.15, 0.2) is 5.13 Å². The third kappa shape index (κ3) is 2.08. The fourth-order valence-electron chi connectivity index (χ4n) is 5.44. The highest BCUT2D eigenvalue weighted by Gasteiger charge is 2.50. The van der Waals surface area contributed by atoms with Gasteiger partial charge in [-0.1, -0.05) is 11.3 Å². The Morgan fingerprint density at radius 3 is 2.24 bits per heavy atom. The van der Waals surface area contributed by atoms with Gasteiger partial charge < -0.3 is 10.6 Å². The second-order valence-electron chi connectivity index (χ2n) is 7.30. The van der Waals surface area contributed by atoms with Gasteiger partial charge >= 0.3 is 0 Å². The summed E-state index contributed by atoms with van der Waals surface area (Å²) in [5.74, 6) is 3.45. The Kier molecular flexibility index (Phi) is 3.03. The second kappa shape index (κ2) is 4.70. The highest BCUT2D eigenvalue weighted by molar-refractivity contribution is 7.17. The van der Waals surface area contributed by atoms with Crippen LogP contribution < -0.4 is 5.73 Å². The number of carbonyl (C=O) groups is 1. The molecule has 0 radical (unpaired) electrons. The van der Waals surface area contributed by atoms with Gasteiger partial charge in [-0.3, -0.25) is 4.79 Å². The number of rotatable bonds is 2. The van der Waals surface area contributed by atoms with E-state index in [-0.39, 0.29) is 5.91 Å². The first-order valence-electron chi connectivity index (χ1n) is 8.03. The summed E-state index contributed by atoms with van der Waals surface area (Å²) in [7, 11) is 1.99. The molecule has 4 nitrogen and oxygen atoms in total. The summed E-state index contributed by atoms with van der Waals surface area (Å²) >= 11 is 1.33. The van der Waals surface area contributed by atoms with Crippen LogP contribution in [0.1, 0.15) is 47.5 Å². The fourth-order valence-corrected chi connectivity index (χ4v) is 6.26. The topological polar surface area (TPSA) is 59.2 Å². The number of anilines is 1. The van der Waals surface area contributed by atoms with Crippen LogP contribution in [0.25, 0.3) is 0 Å². The van der Waals surface area contributed by atoms with E-state index in [1.807, 2.05) is 18.9 Å². The van der Waals surface area contributed by atoms with Crippen molar-refractivity contribution >= 4 is 22.4 Å². The zero-order chi connectivity index (χ0) is 14.7. The third-order valence-electron chi connectivity index (χ3n) is 5.95. The van der Waals surface area contributed by atoms with Crippen LogP contribution in [0.15, 0.2) is 0 Å². The standard InChI is InChI=1S/C16H23N3OS/c1-8-14(21-16(17)18-8)15(20)19(2)13-11-4-9-3-10(6-11)7-12(13)5-9/h9-13H,3-7H2,1-2H3,(H2,17,18). The molecule has 0 aliphatic heterocycles. The number of nitrogen functional groups attached to an aromatic ring is 1. The molecule has 0 spiro atoms. The van der Waals surface area contributed by atoms with E-state index in [1.165, 1.54) is 43.4 Å². The van der Waals surface area contributed by atoms with E-state index >= 15 is 0 Å². The average molecular weight is 305 g/mol. The summed E-state index contributed by atoms with van der Waals surface area (Å²) < 4.78 is 0. The van der Waals surface area contributed by atoms with Gasteiger partial charge in [0.1, 0.15) is 4.88 Å². The Bertz CT molecular complexity index is 554. The van der Waals surface area contributed by atoms with Crippen LogP contribution in [-0.2, 0) is 0 Å². The van der Waals surface area contributed by atoms with E-state index < -0.39 is 0 Å². The average Bonchev–Trinajstić information content (AvgIpc) is 2.75. The molecule has 4 bridgehead atoms. The monoisotopic (exact) mass is 305 g/mol. The molecule has 4 aliphatic carbocycles. The van der Waals surface area contributed by atoms with Crippen molar-refractivity contribution in [1.29, 1.82) is 0 Å². The smallest absolute Gasteiger partial charge is 0.265 e. The number of amides is 1. The summed E-state index contributed by atoms with van der Waals surface area (Å²) in [5, 5.41) is 0.495. The molecule has 0 saturated heterocycles. The Balaban J connectivity index is 1.58. The molecule has 1 amide bonds. The molecule has 1 aromatic heterocycles. The maximum absolute atomic E-state index is 12.8. The zero-order valence-corrected chi connectivity index (χ0v) is 13.5. The van der Waals surface area contributed by atoms with E-state index in [1.54, 1.807) is 0 Å². The Labute approximate surface area is 129 Å². The molecule has 4 aliphatic rings. The van der Waals surface area contributed by atoms with Crippen molar-refractivity contribution < 1.29 is 4.79 Å². The van der Waals surface area contributed by atoms with Crippen LogP contribution in [-0.4, -0.2) is 28.9 Å². The summed E-state index contributed by atoms with van der Waals surface area (Å²) in [5.41, 5.74) is 6.52. The summed E-state index contributed by atoms with van der Waals surface area (Å²) in [6, 6.07) is 0.438. The summed E-state index contributed by atoms with van der Waals surface area (Å²) in [6.07, 6.45) is 6.78. The molecule has 1 aromatic rings. The molecule has 4 saturated carbocycles. The van der Waals surface area contributed by atoms with Crippen molar-refractivity contribution in [2.24, 2.45) is 23.7 Å². The first-order chi connectivity index (χ1) is 10.0. The van der Waals surface area contributed by atoms with Crippen LogP contribution in [0, 0.1) is 30.6 Å². The van der Waals surface area contributed by atoms with E-state index in [9.17, 15) is 4.79 Å². The molecular weight excluding hydrogens is 282 g/mol. The first-order valence-corrected chi connectivity index (χ1v) is 8.84. The summed E-state index contributed by atoms with van der Waals surface area (Å²) in [6.45, 7) is 1.88. The lowest BCUT2D eigenvalue weighted by Gasteiger charge is -2.56. The van der Waals surface area contributed by atoms with Gasteiger partial charge in [0.25, 0.3) is 5.91 Å². The molecule has 5 heteroatoms. The van der Waals surface area contributed by atoms with Crippen molar-refractivity contribution in [3.05, 3.63) is 10.6 Å². The highest BCUT2D eigenvalue weighted by Crippen LogP contribution is 2.55. The van der Waals surface area contributed by atoms with Gasteiger partial charge in [-0.2, -0.15) is 0 Å². The molecule has 4 fully saturated rings. The van der Waals surface area contributed by atoms with Gasteiger partial charge in [-0.15, -0.1) is 0 Å². The zero-order valence-electron chi connectivity index (χ0n) is 12.7. The predicted molar refractivity (Wildman–Crippen MR) is 84.2 cm³/mol. The minimum absolute atomic E-state index is 0.124. The molecule has 0 atom stereocenters. The lowest BCUT2D eigenvalue weighted by atomic mass is 9.54. The fraction of sp³-hybridized carbons (Fsp3) is 0.750. The molecule has 0 aromatic carbocycles. The predicted octanol–water partition coefficient (Wildman–Crippen LogP) is 2.93. The number of nitrogens with two attached hydrogens (primary N) is 1. The van der Waals surface area contributed by atoms with Crippen LogP contribution in [0.5, 0.6) is 0 Å². The van der Waals surface area contributed by atoms with Gasteiger partial charge in [0, 0.05) is 13.1 Å². The normalized spacial score (nSPS) is 37.0. The number of aryl methyl sites for hydroxylation is 1. The lowest BCUT2D eigenvalue weighted by molar-refractivity contribution is -0.0490. The van der Waals surface area contributed by atoms with E-state index in [2.05, 4.69) is 4.98 Å². The molecular formula is C16H23N3OS. The quantitative estimate of drug-likeness (QED) is 0.914. The van der Waals surface area contributed by atoms with E-state index in [0.717, 1.165) is 34.2 Å². The molecule has 5 rings (SSSR count). The number of thiazole rings is 1. The van der Waals surface area contributed by atoms with E-state index in [0.29, 0.717) is 11.2 Å². The minimum Gasteiger partial charge on any atom is -0.375 e.